The lowest BCUT2D eigenvalue weighted by atomic mass is 9.96. The molecule has 74 valence electrons. The van der Waals surface area contributed by atoms with Crippen LogP contribution in [0.2, 0.25) is 0 Å². The maximum atomic E-state index is 12.6. The molecule has 1 aliphatic carbocycles. The van der Waals surface area contributed by atoms with E-state index in [1.165, 1.54) is 6.08 Å². The summed E-state index contributed by atoms with van der Waals surface area (Å²) in [5.41, 5.74) is 0. The van der Waals surface area contributed by atoms with Gasteiger partial charge in [0, 0.05) is 12.8 Å². The van der Waals surface area contributed by atoms with E-state index in [0.29, 0.717) is 12.8 Å². The van der Waals surface area contributed by atoms with Crippen LogP contribution in [-0.2, 0) is 9.47 Å². The molecule has 1 unspecified atom stereocenters. The molecule has 0 radical (unpaired) electrons. The maximum absolute atomic E-state index is 12.6. The molecule has 1 atom stereocenters. The van der Waals surface area contributed by atoms with Crippen molar-refractivity contribution >= 4 is 0 Å². The number of halogens is 2. The normalized spacial score (nSPS) is 27.6. The van der Waals surface area contributed by atoms with E-state index < -0.39 is 6.29 Å². The van der Waals surface area contributed by atoms with Crippen LogP contribution in [0, 0.1) is 17.2 Å². The predicted molar refractivity (Wildman–Crippen MR) is 41.6 cm³/mol. The highest BCUT2D eigenvalue weighted by Crippen LogP contribution is 2.39. The molecule has 0 fully saturated rings. The van der Waals surface area contributed by atoms with E-state index in [4.69, 9.17) is 5.26 Å². The molecule has 3 nitrogen and oxygen atoms in total. The Morgan fingerprint density at radius 2 is 2.36 bits per heavy atom. The number of alkyl halides is 2. The minimum atomic E-state index is -3.55. The Morgan fingerprint density at radius 1 is 1.57 bits per heavy atom. The van der Waals surface area contributed by atoms with Gasteiger partial charge in [0.2, 0.25) is 0 Å². The minimum absolute atomic E-state index is 0.0590. The molecule has 1 heterocycles. The predicted octanol–water partition coefficient (Wildman–Crippen LogP) is 2.28. The fourth-order valence-electron chi connectivity index (χ4n) is 1.46. The zero-order valence-corrected chi connectivity index (χ0v) is 7.17. The first kappa shape index (κ1) is 9.00. The molecule has 5 heteroatoms. The van der Waals surface area contributed by atoms with E-state index in [2.05, 4.69) is 9.47 Å². The lowest BCUT2D eigenvalue weighted by Crippen LogP contribution is -2.16. The molecule has 0 aromatic rings. The molecule has 0 amide bonds. The summed E-state index contributed by atoms with van der Waals surface area (Å²) < 4.78 is 33.7. The second-order valence-corrected chi connectivity index (χ2v) is 3.14. The van der Waals surface area contributed by atoms with Crippen LogP contribution >= 0.6 is 0 Å². The van der Waals surface area contributed by atoms with E-state index in [-0.39, 0.29) is 17.4 Å². The van der Waals surface area contributed by atoms with E-state index >= 15 is 0 Å². The van der Waals surface area contributed by atoms with Gasteiger partial charge in [-0.05, 0) is 12.0 Å². The zero-order chi connectivity index (χ0) is 10.2. The number of nitrogens with zero attached hydrogens (tertiary/aromatic N) is 1. The van der Waals surface area contributed by atoms with Crippen molar-refractivity contribution in [1.29, 1.82) is 5.26 Å². The molecule has 0 saturated heterocycles. The third kappa shape index (κ3) is 1.55. The molecule has 2 aliphatic rings. The van der Waals surface area contributed by atoms with Crippen molar-refractivity contribution in [2.45, 2.75) is 19.1 Å². The van der Waals surface area contributed by atoms with Crippen LogP contribution < -0.4 is 0 Å². The molecular formula is C9H7F2NO2. The van der Waals surface area contributed by atoms with Gasteiger partial charge in [0.05, 0.1) is 6.07 Å². The Morgan fingerprint density at radius 3 is 3.07 bits per heavy atom. The second-order valence-electron chi connectivity index (χ2n) is 3.14. The Labute approximate surface area is 79.2 Å². The minimum Gasteiger partial charge on any atom is -0.400 e. The SMILES string of the molecule is N#CCC1C=CC2=C(C1)OC(F)(F)O2. The van der Waals surface area contributed by atoms with Crippen LogP contribution in [-0.4, -0.2) is 6.29 Å². The van der Waals surface area contributed by atoms with Gasteiger partial charge >= 0.3 is 6.29 Å². The summed E-state index contributed by atoms with van der Waals surface area (Å²) in [7, 11) is 0. The van der Waals surface area contributed by atoms with E-state index in [1.54, 1.807) is 6.08 Å². The topological polar surface area (TPSA) is 42.2 Å². The van der Waals surface area contributed by atoms with Crippen LogP contribution in [0.4, 0.5) is 8.78 Å². The summed E-state index contributed by atoms with van der Waals surface area (Å²) in [6.45, 7) is 0. The fourth-order valence-corrected chi connectivity index (χ4v) is 1.46. The first-order valence-corrected chi connectivity index (χ1v) is 4.15. The van der Waals surface area contributed by atoms with Crippen LogP contribution in [0.1, 0.15) is 12.8 Å². The Kier molecular flexibility index (Phi) is 1.92. The molecule has 0 aromatic heterocycles. The summed E-state index contributed by atoms with van der Waals surface area (Å²) in [5, 5.41) is 8.44. The van der Waals surface area contributed by atoms with Gasteiger partial charge in [-0.1, -0.05) is 6.08 Å². The number of allylic oxidation sites excluding steroid dienone is 3. The standard InChI is InChI=1S/C9H7F2NO2/c10-9(11)13-7-2-1-6(3-4-12)5-8(7)14-9/h1-2,6H,3,5H2. The van der Waals surface area contributed by atoms with E-state index in [0.717, 1.165) is 0 Å². The van der Waals surface area contributed by atoms with Gasteiger partial charge < -0.3 is 9.47 Å². The average molecular weight is 199 g/mol. The van der Waals surface area contributed by atoms with Crippen molar-refractivity contribution in [3.8, 4) is 6.07 Å². The van der Waals surface area contributed by atoms with Crippen molar-refractivity contribution in [1.82, 2.24) is 0 Å². The largest absolute Gasteiger partial charge is 0.585 e. The first-order chi connectivity index (χ1) is 6.61. The lowest BCUT2D eigenvalue weighted by Gasteiger charge is -2.12. The van der Waals surface area contributed by atoms with Crippen molar-refractivity contribution in [2.75, 3.05) is 0 Å². The first-order valence-electron chi connectivity index (χ1n) is 4.15. The van der Waals surface area contributed by atoms with Crippen LogP contribution in [0.3, 0.4) is 0 Å². The summed E-state index contributed by atoms with van der Waals surface area (Å²) in [5.74, 6) is 0.151. The third-order valence-corrected chi connectivity index (χ3v) is 2.07. The van der Waals surface area contributed by atoms with Crippen LogP contribution in [0.5, 0.6) is 0 Å². The highest BCUT2D eigenvalue weighted by molar-refractivity contribution is 5.25. The van der Waals surface area contributed by atoms with Crippen molar-refractivity contribution in [3.63, 3.8) is 0 Å². The van der Waals surface area contributed by atoms with Crippen LogP contribution in [0.15, 0.2) is 23.7 Å². The van der Waals surface area contributed by atoms with E-state index in [1.807, 2.05) is 6.07 Å². The molecule has 1 aliphatic heterocycles. The second kappa shape index (κ2) is 2.98. The van der Waals surface area contributed by atoms with Gasteiger partial charge in [-0.25, -0.2) is 0 Å². The summed E-state index contributed by atoms with van der Waals surface area (Å²) in [4.78, 5) is 0. The van der Waals surface area contributed by atoms with Gasteiger partial charge in [0.25, 0.3) is 0 Å². The number of hydrogen-bond donors (Lipinski definition) is 0. The molecule has 14 heavy (non-hydrogen) atoms. The molecule has 2 rings (SSSR count). The van der Waals surface area contributed by atoms with Crippen molar-refractivity contribution in [3.05, 3.63) is 23.7 Å². The Bertz CT molecular complexity index is 354. The molecule has 0 bridgehead atoms. The summed E-state index contributed by atoms with van der Waals surface area (Å²) in [6.07, 6.45) is 0.169. The molecule has 0 saturated carbocycles. The smallest absolute Gasteiger partial charge is 0.400 e. The average Bonchev–Trinajstić information content (AvgIpc) is 2.38. The lowest BCUT2D eigenvalue weighted by molar-refractivity contribution is -0.336. The summed E-state index contributed by atoms with van der Waals surface area (Å²) in [6, 6.07) is 1.98. The van der Waals surface area contributed by atoms with Gasteiger partial charge in [-0.15, -0.1) is 8.78 Å². The zero-order valence-electron chi connectivity index (χ0n) is 7.17. The molecule has 0 aromatic carbocycles. The monoisotopic (exact) mass is 199 g/mol. The van der Waals surface area contributed by atoms with Crippen LogP contribution in [0.25, 0.3) is 0 Å². The third-order valence-electron chi connectivity index (χ3n) is 2.07. The van der Waals surface area contributed by atoms with Gasteiger partial charge in [-0.3, -0.25) is 0 Å². The van der Waals surface area contributed by atoms with Gasteiger partial charge in [-0.2, -0.15) is 5.26 Å². The highest BCUT2D eigenvalue weighted by Gasteiger charge is 2.45. The van der Waals surface area contributed by atoms with Crippen molar-refractivity contribution < 1.29 is 18.3 Å². The Hall–Kier alpha value is -1.57. The Balaban J connectivity index is 2.09. The van der Waals surface area contributed by atoms with Crippen molar-refractivity contribution in [2.24, 2.45) is 5.92 Å². The quantitative estimate of drug-likeness (QED) is 0.650. The maximum Gasteiger partial charge on any atom is 0.585 e. The fraction of sp³-hybridized carbons (Fsp3) is 0.444. The van der Waals surface area contributed by atoms with E-state index in [9.17, 15) is 8.78 Å². The molecule has 0 N–H and O–H groups in total. The number of hydrogen-bond acceptors (Lipinski definition) is 3. The number of rotatable bonds is 1. The van der Waals surface area contributed by atoms with Gasteiger partial charge in [0.15, 0.2) is 5.76 Å². The number of ether oxygens (including phenoxy) is 2. The van der Waals surface area contributed by atoms with Gasteiger partial charge in [0.1, 0.15) is 5.76 Å². The molecule has 0 spiro atoms. The highest BCUT2D eigenvalue weighted by atomic mass is 19.3. The summed E-state index contributed by atoms with van der Waals surface area (Å²) >= 11 is 0. The molecular weight excluding hydrogens is 192 g/mol. The number of nitriles is 1.